The van der Waals surface area contributed by atoms with Crippen LogP contribution in [0.3, 0.4) is 0 Å². The molecular weight excluding hydrogens is 719 g/mol. The molecule has 0 unspecified atom stereocenters. The Morgan fingerprint density at radius 2 is 1.81 bits per heavy atom. The lowest BCUT2D eigenvalue weighted by molar-refractivity contribution is -0.127. The number of hydrogen-bond donors (Lipinski definition) is 3. The van der Waals surface area contributed by atoms with E-state index in [0.717, 1.165) is 40.8 Å². The summed E-state index contributed by atoms with van der Waals surface area (Å²) in [5, 5.41) is 28.4. The molecule has 1 amide bonds. The number of hydrogen-bond acceptors (Lipinski definition) is 10. The first-order valence-corrected chi connectivity index (χ1v) is 20.4. The van der Waals surface area contributed by atoms with Gasteiger partial charge in [0.25, 0.3) is 0 Å². The lowest BCUT2D eigenvalue weighted by Gasteiger charge is -2.32. The largest absolute Gasteiger partial charge is 0.497 e. The quantitative estimate of drug-likeness (QED) is 0.124. The molecular formula is C38H51N5O8S2. The fourth-order valence-corrected chi connectivity index (χ4v) is 9.18. The molecule has 0 aliphatic heterocycles. The number of carbonyl (C=O) groups excluding carboxylic acids is 1. The van der Waals surface area contributed by atoms with Gasteiger partial charge in [-0.15, -0.1) is 11.3 Å². The van der Waals surface area contributed by atoms with E-state index in [9.17, 15) is 28.2 Å². The number of aromatic hydroxyl groups is 1. The molecule has 1 aliphatic carbocycles. The molecule has 2 aromatic carbocycles. The van der Waals surface area contributed by atoms with E-state index < -0.39 is 39.8 Å². The molecule has 15 heteroatoms. The van der Waals surface area contributed by atoms with E-state index in [-0.39, 0.29) is 48.7 Å². The summed E-state index contributed by atoms with van der Waals surface area (Å²) in [6, 6.07) is 13.5. The number of aliphatic hydroxyl groups excluding tert-OH is 1. The Hall–Kier alpha value is -4.02. The Bertz CT molecular complexity index is 1940. The molecule has 4 aromatic rings. The zero-order valence-electron chi connectivity index (χ0n) is 30.8. The number of methoxy groups -OCH3 is 2. The highest BCUT2D eigenvalue weighted by Gasteiger charge is 2.36. The number of benzene rings is 2. The molecule has 0 saturated heterocycles. The molecule has 2 heterocycles. The summed E-state index contributed by atoms with van der Waals surface area (Å²) in [6.07, 6.45) is 4.50. The number of rotatable bonds is 19. The number of aromatic nitrogens is 3. The second kappa shape index (κ2) is 18.3. The topological polar surface area (TPSA) is 165 Å². The maximum Gasteiger partial charge on any atom is 0.332 e. The van der Waals surface area contributed by atoms with Gasteiger partial charge in [0.05, 0.1) is 49.2 Å². The lowest BCUT2D eigenvalue weighted by Crippen LogP contribution is -2.53. The van der Waals surface area contributed by atoms with Crippen LogP contribution in [0, 0.1) is 11.8 Å². The number of imidazole rings is 1. The van der Waals surface area contributed by atoms with E-state index >= 15 is 0 Å². The number of thiazole rings is 1. The first kappa shape index (κ1) is 40.2. The van der Waals surface area contributed by atoms with Gasteiger partial charge in [-0.25, -0.2) is 18.2 Å². The number of nitrogens with zero attached hydrogens (tertiary/aromatic N) is 4. The van der Waals surface area contributed by atoms with E-state index in [4.69, 9.17) is 9.47 Å². The van der Waals surface area contributed by atoms with Crippen molar-refractivity contribution in [1.82, 2.24) is 23.7 Å². The van der Waals surface area contributed by atoms with Crippen molar-refractivity contribution in [2.45, 2.75) is 88.6 Å². The van der Waals surface area contributed by atoms with Crippen LogP contribution in [0.2, 0.25) is 0 Å². The van der Waals surface area contributed by atoms with Crippen molar-refractivity contribution in [2.24, 2.45) is 11.8 Å². The standard InChI is InChI=1S/C38H51N5O8S2/c1-5-26(2)36(43-23-35(45)42(38(43)47)21-29-25-52-34(39-29)24-50-3)37(46)40-32(19-27-11-7-6-8-12-27)33(44)22-41(20-28-13-9-10-14-28)53(48,49)31-17-15-30(51-4)16-18-31/h6-8,11-12,15-18,23,25-26,28,32-33,36,44-45H,5,9-10,13-14,19-22,24H2,1-4H3,(H,40,46)/t26-,32-,33+,36-/m0/s1. The van der Waals surface area contributed by atoms with Gasteiger partial charge in [-0.1, -0.05) is 63.4 Å². The number of aliphatic hydroxyl groups is 1. The van der Waals surface area contributed by atoms with Crippen LogP contribution in [-0.4, -0.2) is 82.4 Å². The molecule has 3 N–H and O–H groups in total. The molecule has 53 heavy (non-hydrogen) atoms. The van der Waals surface area contributed by atoms with Gasteiger partial charge >= 0.3 is 5.69 Å². The van der Waals surface area contributed by atoms with E-state index in [1.54, 1.807) is 24.6 Å². The van der Waals surface area contributed by atoms with Crippen molar-refractivity contribution in [3.63, 3.8) is 0 Å². The fourth-order valence-electron chi connectivity index (χ4n) is 6.89. The van der Waals surface area contributed by atoms with Crippen molar-refractivity contribution in [3.05, 3.63) is 92.9 Å². The Morgan fingerprint density at radius 3 is 2.45 bits per heavy atom. The fraction of sp³-hybridized carbons (Fsp3) is 0.500. The summed E-state index contributed by atoms with van der Waals surface area (Å²) in [7, 11) is -0.961. The second-order valence-corrected chi connectivity index (χ2v) is 16.7. The van der Waals surface area contributed by atoms with Gasteiger partial charge in [0.15, 0.2) is 0 Å². The van der Waals surface area contributed by atoms with Crippen LogP contribution in [-0.2, 0) is 39.1 Å². The molecule has 1 fully saturated rings. The van der Waals surface area contributed by atoms with Gasteiger partial charge in [-0.3, -0.25) is 13.9 Å². The number of ether oxygens (including phenoxy) is 2. The molecule has 0 spiro atoms. The summed E-state index contributed by atoms with van der Waals surface area (Å²) in [5.41, 5.74) is 0.812. The molecule has 13 nitrogen and oxygen atoms in total. The predicted molar refractivity (Wildman–Crippen MR) is 203 cm³/mol. The third kappa shape index (κ3) is 9.95. The molecule has 1 saturated carbocycles. The summed E-state index contributed by atoms with van der Waals surface area (Å²) < 4.78 is 42.4. The zero-order chi connectivity index (χ0) is 38.1. The normalized spacial score (nSPS) is 16.0. The smallest absolute Gasteiger partial charge is 0.332 e. The van der Waals surface area contributed by atoms with Crippen LogP contribution in [0.4, 0.5) is 0 Å². The zero-order valence-corrected chi connectivity index (χ0v) is 32.4. The predicted octanol–water partition coefficient (Wildman–Crippen LogP) is 4.57. The van der Waals surface area contributed by atoms with E-state index in [1.165, 1.54) is 45.6 Å². The molecule has 2 aromatic heterocycles. The molecule has 1 aliphatic rings. The minimum absolute atomic E-state index is 0.00156. The third-order valence-corrected chi connectivity index (χ3v) is 12.8. The highest BCUT2D eigenvalue weighted by Crippen LogP contribution is 2.29. The lowest BCUT2D eigenvalue weighted by atomic mass is 9.96. The van der Waals surface area contributed by atoms with Gasteiger partial charge in [0.1, 0.15) is 16.8 Å². The summed E-state index contributed by atoms with van der Waals surface area (Å²) >= 11 is 1.38. The van der Waals surface area contributed by atoms with Crippen molar-refractivity contribution in [3.8, 4) is 11.6 Å². The van der Waals surface area contributed by atoms with Crippen LogP contribution in [0.25, 0.3) is 0 Å². The monoisotopic (exact) mass is 769 g/mol. The Morgan fingerprint density at radius 1 is 1.11 bits per heavy atom. The van der Waals surface area contributed by atoms with Gasteiger partial charge in [-0.05, 0) is 60.9 Å². The van der Waals surface area contributed by atoms with Crippen LogP contribution in [0.1, 0.15) is 68.3 Å². The summed E-state index contributed by atoms with van der Waals surface area (Å²) in [5.74, 6) is -0.527. The SMILES string of the molecule is CC[C@H](C)[C@@H](C(=O)N[C@@H](Cc1ccccc1)[C@H](O)CN(CC1CCCC1)S(=O)(=O)c1ccc(OC)cc1)n1cc(O)n(Cc2csc(COC)n2)c1=O. The van der Waals surface area contributed by atoms with Crippen molar-refractivity contribution in [1.29, 1.82) is 0 Å². The average Bonchev–Trinajstić information content (AvgIpc) is 3.90. The Labute approximate surface area is 315 Å². The van der Waals surface area contributed by atoms with E-state index in [1.807, 2.05) is 44.2 Å². The molecule has 5 rings (SSSR count). The van der Waals surface area contributed by atoms with Gasteiger partial charge in [0.2, 0.25) is 21.8 Å². The minimum Gasteiger partial charge on any atom is -0.497 e. The number of sulfonamides is 1. The highest BCUT2D eigenvalue weighted by atomic mass is 32.2. The van der Waals surface area contributed by atoms with Crippen molar-refractivity contribution < 1.29 is 32.9 Å². The molecule has 288 valence electrons. The number of amides is 1. The van der Waals surface area contributed by atoms with Gasteiger partial charge < -0.3 is 25.0 Å². The first-order valence-electron chi connectivity index (χ1n) is 18.0. The number of nitrogens with one attached hydrogen (secondary N) is 1. The Kier molecular flexibility index (Phi) is 13.9. The molecule has 0 radical (unpaired) electrons. The van der Waals surface area contributed by atoms with Gasteiger partial charge in [0, 0.05) is 25.6 Å². The molecule has 4 atom stereocenters. The third-order valence-electron chi connectivity index (χ3n) is 10.0. The maximum absolute atomic E-state index is 14.4. The number of carbonyl (C=O) groups is 1. The van der Waals surface area contributed by atoms with Crippen molar-refractivity contribution in [2.75, 3.05) is 27.3 Å². The van der Waals surface area contributed by atoms with Crippen LogP contribution in [0.15, 0.2) is 75.9 Å². The van der Waals surface area contributed by atoms with Crippen LogP contribution in [0.5, 0.6) is 11.6 Å². The summed E-state index contributed by atoms with van der Waals surface area (Å²) in [4.78, 5) is 32.7. The first-order chi connectivity index (χ1) is 25.4. The van der Waals surface area contributed by atoms with Gasteiger partial charge in [-0.2, -0.15) is 4.31 Å². The maximum atomic E-state index is 14.4. The van der Waals surface area contributed by atoms with E-state index in [0.29, 0.717) is 24.5 Å². The molecule has 0 bridgehead atoms. The van der Waals surface area contributed by atoms with Crippen LogP contribution >= 0.6 is 11.3 Å². The highest BCUT2D eigenvalue weighted by molar-refractivity contribution is 7.89. The van der Waals surface area contributed by atoms with Crippen LogP contribution < -0.4 is 15.7 Å². The Balaban J connectivity index is 1.44. The summed E-state index contributed by atoms with van der Waals surface area (Å²) in [6.45, 7) is 4.05. The average molecular weight is 770 g/mol. The second-order valence-electron chi connectivity index (χ2n) is 13.8. The van der Waals surface area contributed by atoms with Crippen molar-refractivity contribution >= 4 is 27.3 Å². The minimum atomic E-state index is -4.04. The van der Waals surface area contributed by atoms with E-state index in [2.05, 4.69) is 10.3 Å².